The highest BCUT2D eigenvalue weighted by molar-refractivity contribution is 7.18. The van der Waals surface area contributed by atoms with Crippen LogP contribution in [0.1, 0.15) is 66.1 Å². The normalized spacial score (nSPS) is 10.6. The summed E-state index contributed by atoms with van der Waals surface area (Å²) in [6, 6.07) is 0. The smallest absolute Gasteiger partial charge is 0.348 e. The van der Waals surface area contributed by atoms with Gasteiger partial charge in [-0.05, 0) is 39.2 Å². The molecule has 24 heavy (non-hydrogen) atoms. The Morgan fingerprint density at radius 3 is 2.04 bits per heavy atom. The van der Waals surface area contributed by atoms with E-state index in [0.717, 1.165) is 11.3 Å². The van der Waals surface area contributed by atoms with E-state index in [0.29, 0.717) is 28.3 Å². The van der Waals surface area contributed by atoms with E-state index >= 15 is 0 Å². The third-order valence-electron chi connectivity index (χ3n) is 3.68. The SMILES string of the molecule is CCOC(=O)c1sc(NC(=O)C(CC)CC)c(C(=O)OCC)c1C. The number of carbonyl (C=O) groups excluding carboxylic acids is 3. The minimum Gasteiger partial charge on any atom is -0.462 e. The maximum Gasteiger partial charge on any atom is 0.348 e. The van der Waals surface area contributed by atoms with Gasteiger partial charge in [0.05, 0.1) is 18.8 Å². The lowest BCUT2D eigenvalue weighted by Gasteiger charge is -2.12. The van der Waals surface area contributed by atoms with Gasteiger partial charge in [-0.25, -0.2) is 9.59 Å². The van der Waals surface area contributed by atoms with E-state index in [-0.39, 0.29) is 30.6 Å². The number of hydrogen-bond acceptors (Lipinski definition) is 6. The van der Waals surface area contributed by atoms with Gasteiger partial charge in [-0.3, -0.25) is 4.79 Å². The van der Waals surface area contributed by atoms with Crippen LogP contribution in [0, 0.1) is 12.8 Å². The molecule has 0 aliphatic carbocycles. The number of thiophene rings is 1. The molecule has 0 aliphatic heterocycles. The number of nitrogens with one attached hydrogen (secondary N) is 1. The summed E-state index contributed by atoms with van der Waals surface area (Å²) in [5, 5.41) is 3.12. The lowest BCUT2D eigenvalue weighted by atomic mass is 10.0. The molecule has 0 atom stereocenters. The first kappa shape index (κ1) is 20.2. The molecule has 0 bridgehead atoms. The van der Waals surface area contributed by atoms with Crippen molar-refractivity contribution in [3.63, 3.8) is 0 Å². The Balaban J connectivity index is 3.25. The Hall–Kier alpha value is -1.89. The second-order valence-corrected chi connectivity index (χ2v) is 6.22. The predicted octanol–water partition coefficient (Wildman–Crippen LogP) is 3.78. The van der Waals surface area contributed by atoms with E-state index in [9.17, 15) is 14.4 Å². The summed E-state index contributed by atoms with van der Waals surface area (Å²) >= 11 is 1.05. The first-order chi connectivity index (χ1) is 11.4. The summed E-state index contributed by atoms with van der Waals surface area (Å²) in [7, 11) is 0. The maximum atomic E-state index is 12.4. The summed E-state index contributed by atoms with van der Waals surface area (Å²) in [6.45, 7) is 9.38. The van der Waals surface area contributed by atoms with Gasteiger partial charge in [-0.2, -0.15) is 0 Å². The lowest BCUT2D eigenvalue weighted by Crippen LogP contribution is -2.22. The third-order valence-corrected chi connectivity index (χ3v) is 4.87. The van der Waals surface area contributed by atoms with Crippen molar-refractivity contribution in [3.8, 4) is 0 Å². The number of ether oxygens (including phenoxy) is 2. The molecule has 0 saturated carbocycles. The summed E-state index contributed by atoms with van der Waals surface area (Å²) in [5.74, 6) is -1.37. The minimum atomic E-state index is -0.554. The zero-order valence-corrected chi connectivity index (χ0v) is 15.7. The quantitative estimate of drug-likeness (QED) is 0.718. The van der Waals surface area contributed by atoms with Crippen LogP contribution in [-0.4, -0.2) is 31.1 Å². The lowest BCUT2D eigenvalue weighted by molar-refractivity contribution is -0.120. The topological polar surface area (TPSA) is 81.7 Å². The molecule has 1 rings (SSSR count). The average molecular weight is 355 g/mol. The number of hydrogen-bond donors (Lipinski definition) is 1. The fourth-order valence-electron chi connectivity index (χ4n) is 2.32. The van der Waals surface area contributed by atoms with Crippen LogP contribution in [0.2, 0.25) is 0 Å². The van der Waals surface area contributed by atoms with Crippen molar-refractivity contribution in [3.05, 3.63) is 16.0 Å². The average Bonchev–Trinajstić information content (AvgIpc) is 2.85. The van der Waals surface area contributed by atoms with Crippen LogP contribution in [0.4, 0.5) is 5.00 Å². The standard InChI is InChI=1S/C17H25NO5S/c1-6-11(7-2)14(19)18-15-12(16(20)22-8-3)10(5)13(24-15)17(21)23-9-4/h11H,6-9H2,1-5H3,(H,18,19). The van der Waals surface area contributed by atoms with E-state index in [1.165, 1.54) is 0 Å². The van der Waals surface area contributed by atoms with Crippen molar-refractivity contribution >= 4 is 34.2 Å². The molecule has 7 heteroatoms. The van der Waals surface area contributed by atoms with Crippen molar-refractivity contribution in [2.24, 2.45) is 5.92 Å². The molecule has 1 amide bonds. The van der Waals surface area contributed by atoms with Gasteiger partial charge in [-0.1, -0.05) is 13.8 Å². The molecule has 1 N–H and O–H groups in total. The first-order valence-corrected chi connectivity index (χ1v) is 9.01. The second kappa shape index (κ2) is 9.42. The number of carbonyl (C=O) groups is 3. The zero-order valence-electron chi connectivity index (χ0n) is 14.9. The molecule has 0 spiro atoms. The molecule has 0 aromatic carbocycles. The molecule has 1 aromatic heterocycles. The van der Waals surface area contributed by atoms with E-state index in [2.05, 4.69) is 5.32 Å². The van der Waals surface area contributed by atoms with E-state index in [1.807, 2.05) is 13.8 Å². The third kappa shape index (κ3) is 4.56. The van der Waals surface area contributed by atoms with E-state index < -0.39 is 11.9 Å². The largest absolute Gasteiger partial charge is 0.462 e. The Morgan fingerprint density at radius 1 is 1.00 bits per heavy atom. The van der Waals surface area contributed by atoms with Crippen LogP contribution in [0.25, 0.3) is 0 Å². The van der Waals surface area contributed by atoms with Gasteiger partial charge in [0.2, 0.25) is 5.91 Å². The number of anilines is 1. The van der Waals surface area contributed by atoms with Gasteiger partial charge in [0, 0.05) is 5.92 Å². The van der Waals surface area contributed by atoms with Crippen LogP contribution in [0.5, 0.6) is 0 Å². The Kier molecular flexibility index (Phi) is 7.91. The van der Waals surface area contributed by atoms with Crippen molar-refractivity contribution in [1.82, 2.24) is 0 Å². The van der Waals surface area contributed by atoms with Gasteiger partial charge in [0.15, 0.2) is 0 Å². The van der Waals surface area contributed by atoms with Gasteiger partial charge in [-0.15, -0.1) is 11.3 Å². The molecule has 0 aliphatic rings. The summed E-state index contributed by atoms with van der Waals surface area (Å²) in [5.41, 5.74) is 0.695. The molecular formula is C17H25NO5S. The molecule has 134 valence electrons. The highest BCUT2D eigenvalue weighted by atomic mass is 32.1. The van der Waals surface area contributed by atoms with Gasteiger partial charge < -0.3 is 14.8 Å². The number of esters is 2. The molecule has 1 aromatic rings. The highest BCUT2D eigenvalue weighted by Gasteiger charge is 2.28. The first-order valence-electron chi connectivity index (χ1n) is 8.19. The van der Waals surface area contributed by atoms with Crippen LogP contribution in [-0.2, 0) is 14.3 Å². The Labute approximate surface area is 146 Å². The van der Waals surface area contributed by atoms with E-state index in [4.69, 9.17) is 9.47 Å². The van der Waals surface area contributed by atoms with Crippen molar-refractivity contribution in [2.75, 3.05) is 18.5 Å². The van der Waals surface area contributed by atoms with E-state index in [1.54, 1.807) is 20.8 Å². The fourth-order valence-corrected chi connectivity index (χ4v) is 3.41. The molecule has 0 fully saturated rings. The van der Waals surface area contributed by atoms with Crippen LogP contribution >= 0.6 is 11.3 Å². The highest BCUT2D eigenvalue weighted by Crippen LogP contribution is 2.34. The maximum absolute atomic E-state index is 12.4. The molecule has 0 saturated heterocycles. The Morgan fingerprint density at radius 2 is 1.54 bits per heavy atom. The zero-order chi connectivity index (χ0) is 18.3. The summed E-state index contributed by atoms with van der Waals surface area (Å²) in [6.07, 6.45) is 1.40. The van der Waals surface area contributed by atoms with Crippen molar-refractivity contribution < 1.29 is 23.9 Å². The molecule has 0 radical (unpaired) electrons. The number of rotatable bonds is 8. The van der Waals surface area contributed by atoms with Crippen LogP contribution < -0.4 is 5.32 Å². The van der Waals surface area contributed by atoms with Crippen molar-refractivity contribution in [1.29, 1.82) is 0 Å². The monoisotopic (exact) mass is 355 g/mol. The molecule has 6 nitrogen and oxygen atoms in total. The van der Waals surface area contributed by atoms with Crippen LogP contribution in [0.15, 0.2) is 0 Å². The minimum absolute atomic E-state index is 0.145. The molecule has 1 heterocycles. The second-order valence-electron chi connectivity index (χ2n) is 5.20. The van der Waals surface area contributed by atoms with Gasteiger partial charge >= 0.3 is 11.9 Å². The summed E-state index contributed by atoms with van der Waals surface area (Å²) in [4.78, 5) is 37.0. The molecular weight excluding hydrogens is 330 g/mol. The Bertz CT molecular complexity index is 604. The molecule has 0 unspecified atom stereocenters. The van der Waals surface area contributed by atoms with Crippen LogP contribution in [0.3, 0.4) is 0 Å². The predicted molar refractivity (Wildman–Crippen MR) is 93.7 cm³/mol. The van der Waals surface area contributed by atoms with Crippen molar-refractivity contribution in [2.45, 2.75) is 47.5 Å². The fraction of sp³-hybridized carbons (Fsp3) is 0.588. The summed E-state index contributed by atoms with van der Waals surface area (Å²) < 4.78 is 10.1. The van der Waals surface area contributed by atoms with Gasteiger partial charge in [0.1, 0.15) is 9.88 Å². The number of amides is 1. The van der Waals surface area contributed by atoms with Gasteiger partial charge in [0.25, 0.3) is 0 Å².